The SMILES string of the molecule is C=C(CC)CC(N)c1cccc(Cl)c1. The highest BCUT2D eigenvalue weighted by atomic mass is 35.5. The molecule has 0 amide bonds. The molecule has 0 radical (unpaired) electrons. The minimum atomic E-state index is 0.0150. The van der Waals surface area contributed by atoms with Gasteiger partial charge in [0.1, 0.15) is 0 Å². The third-order valence-electron chi connectivity index (χ3n) is 2.29. The number of hydrogen-bond donors (Lipinski definition) is 1. The largest absolute Gasteiger partial charge is 0.324 e. The van der Waals surface area contributed by atoms with Gasteiger partial charge < -0.3 is 5.73 Å². The fourth-order valence-corrected chi connectivity index (χ4v) is 1.51. The first-order chi connectivity index (χ1) is 6.63. The van der Waals surface area contributed by atoms with Crippen molar-refractivity contribution in [1.82, 2.24) is 0 Å². The third-order valence-corrected chi connectivity index (χ3v) is 2.52. The van der Waals surface area contributed by atoms with Crippen molar-refractivity contribution in [2.24, 2.45) is 5.73 Å². The summed E-state index contributed by atoms with van der Waals surface area (Å²) in [5.41, 5.74) is 8.28. The van der Waals surface area contributed by atoms with Crippen molar-refractivity contribution in [1.29, 1.82) is 0 Å². The van der Waals surface area contributed by atoms with Crippen LogP contribution < -0.4 is 5.73 Å². The van der Waals surface area contributed by atoms with Crippen molar-refractivity contribution >= 4 is 11.6 Å². The summed E-state index contributed by atoms with van der Waals surface area (Å²) in [6, 6.07) is 7.70. The maximum Gasteiger partial charge on any atom is 0.0409 e. The maximum atomic E-state index is 6.02. The summed E-state index contributed by atoms with van der Waals surface area (Å²) in [4.78, 5) is 0. The van der Waals surface area contributed by atoms with Crippen LogP contribution in [0, 0.1) is 0 Å². The Balaban J connectivity index is 2.69. The first kappa shape index (κ1) is 11.3. The monoisotopic (exact) mass is 209 g/mol. The van der Waals surface area contributed by atoms with Gasteiger partial charge in [0, 0.05) is 11.1 Å². The molecule has 0 bridgehead atoms. The van der Waals surface area contributed by atoms with Gasteiger partial charge in [-0.25, -0.2) is 0 Å². The number of rotatable bonds is 4. The summed E-state index contributed by atoms with van der Waals surface area (Å²) in [5, 5.41) is 0.736. The molecule has 0 aliphatic carbocycles. The van der Waals surface area contributed by atoms with E-state index in [1.165, 1.54) is 5.57 Å². The van der Waals surface area contributed by atoms with E-state index in [-0.39, 0.29) is 6.04 Å². The average molecular weight is 210 g/mol. The molecule has 2 N–H and O–H groups in total. The van der Waals surface area contributed by atoms with Gasteiger partial charge in [-0.3, -0.25) is 0 Å². The van der Waals surface area contributed by atoms with Crippen LogP contribution in [-0.4, -0.2) is 0 Å². The smallest absolute Gasteiger partial charge is 0.0409 e. The summed E-state index contributed by atoms with van der Waals surface area (Å²) < 4.78 is 0. The van der Waals surface area contributed by atoms with Gasteiger partial charge in [-0.2, -0.15) is 0 Å². The molecule has 2 heteroatoms. The van der Waals surface area contributed by atoms with E-state index < -0.39 is 0 Å². The highest BCUT2D eigenvalue weighted by Gasteiger charge is 2.06. The van der Waals surface area contributed by atoms with Crippen molar-refractivity contribution in [3.63, 3.8) is 0 Å². The Morgan fingerprint density at radius 1 is 1.57 bits per heavy atom. The van der Waals surface area contributed by atoms with Crippen LogP contribution in [0.25, 0.3) is 0 Å². The molecule has 1 nitrogen and oxygen atoms in total. The number of halogens is 1. The summed E-state index contributed by atoms with van der Waals surface area (Å²) in [7, 11) is 0. The van der Waals surface area contributed by atoms with Gasteiger partial charge in [-0.15, -0.1) is 0 Å². The Morgan fingerprint density at radius 3 is 2.86 bits per heavy atom. The Labute approximate surface area is 90.6 Å². The van der Waals surface area contributed by atoms with E-state index in [0.29, 0.717) is 0 Å². The lowest BCUT2D eigenvalue weighted by Gasteiger charge is -2.13. The zero-order chi connectivity index (χ0) is 10.6. The molecule has 1 aromatic carbocycles. The van der Waals surface area contributed by atoms with Crippen molar-refractivity contribution < 1.29 is 0 Å². The molecule has 1 aromatic rings. The number of benzene rings is 1. The molecule has 0 saturated carbocycles. The molecule has 1 unspecified atom stereocenters. The maximum absolute atomic E-state index is 6.02. The Bertz CT molecular complexity index is 320. The topological polar surface area (TPSA) is 26.0 Å². The molecule has 0 spiro atoms. The highest BCUT2D eigenvalue weighted by Crippen LogP contribution is 2.21. The molecular weight excluding hydrogens is 194 g/mol. The number of nitrogens with two attached hydrogens (primary N) is 1. The van der Waals surface area contributed by atoms with E-state index in [4.69, 9.17) is 17.3 Å². The van der Waals surface area contributed by atoms with Crippen molar-refractivity contribution in [3.8, 4) is 0 Å². The van der Waals surface area contributed by atoms with Crippen LogP contribution in [0.15, 0.2) is 36.4 Å². The molecule has 1 atom stereocenters. The van der Waals surface area contributed by atoms with E-state index >= 15 is 0 Å². The molecular formula is C12H16ClN. The second kappa shape index (κ2) is 5.18. The lowest BCUT2D eigenvalue weighted by Crippen LogP contribution is -2.10. The molecule has 0 saturated heterocycles. The Morgan fingerprint density at radius 2 is 2.29 bits per heavy atom. The molecule has 0 aliphatic heterocycles. The van der Waals surface area contributed by atoms with Crippen LogP contribution in [0.5, 0.6) is 0 Å². The van der Waals surface area contributed by atoms with E-state index in [0.717, 1.165) is 23.4 Å². The lowest BCUT2D eigenvalue weighted by molar-refractivity contribution is 0.701. The van der Waals surface area contributed by atoms with E-state index in [1.54, 1.807) is 0 Å². The third kappa shape index (κ3) is 3.17. The Kier molecular flexibility index (Phi) is 4.18. The van der Waals surface area contributed by atoms with Gasteiger partial charge in [0.2, 0.25) is 0 Å². The van der Waals surface area contributed by atoms with E-state index in [2.05, 4.69) is 13.5 Å². The van der Waals surface area contributed by atoms with Gasteiger partial charge >= 0.3 is 0 Å². The van der Waals surface area contributed by atoms with Crippen LogP contribution in [0.3, 0.4) is 0 Å². The summed E-state index contributed by atoms with van der Waals surface area (Å²) in [6.07, 6.45) is 1.81. The van der Waals surface area contributed by atoms with Crippen LogP contribution in [0.4, 0.5) is 0 Å². The quantitative estimate of drug-likeness (QED) is 0.752. The summed E-state index contributed by atoms with van der Waals surface area (Å²) in [6.45, 7) is 6.04. The van der Waals surface area contributed by atoms with Crippen molar-refractivity contribution in [3.05, 3.63) is 47.0 Å². The zero-order valence-electron chi connectivity index (χ0n) is 8.46. The highest BCUT2D eigenvalue weighted by molar-refractivity contribution is 6.30. The van der Waals surface area contributed by atoms with Gasteiger partial charge in [0.05, 0.1) is 0 Å². The van der Waals surface area contributed by atoms with Gasteiger partial charge in [-0.1, -0.05) is 42.8 Å². The van der Waals surface area contributed by atoms with Gasteiger partial charge in [-0.05, 0) is 30.5 Å². The van der Waals surface area contributed by atoms with Crippen molar-refractivity contribution in [2.45, 2.75) is 25.8 Å². The van der Waals surface area contributed by atoms with Gasteiger partial charge in [0.25, 0.3) is 0 Å². The molecule has 0 aliphatic rings. The normalized spacial score (nSPS) is 12.5. The molecule has 0 heterocycles. The second-order valence-corrected chi connectivity index (χ2v) is 3.91. The average Bonchev–Trinajstić information content (AvgIpc) is 2.17. The van der Waals surface area contributed by atoms with E-state index in [9.17, 15) is 0 Å². The fourth-order valence-electron chi connectivity index (χ4n) is 1.31. The van der Waals surface area contributed by atoms with Gasteiger partial charge in [0.15, 0.2) is 0 Å². The molecule has 0 aromatic heterocycles. The first-order valence-corrected chi connectivity index (χ1v) is 5.19. The standard InChI is InChI=1S/C12H16ClN/c1-3-9(2)7-12(14)10-5-4-6-11(13)8-10/h4-6,8,12H,2-3,7,14H2,1H3. The fraction of sp³-hybridized carbons (Fsp3) is 0.333. The molecule has 76 valence electrons. The first-order valence-electron chi connectivity index (χ1n) is 4.81. The predicted molar refractivity (Wildman–Crippen MR) is 62.4 cm³/mol. The van der Waals surface area contributed by atoms with E-state index in [1.807, 2.05) is 24.3 Å². The summed E-state index contributed by atoms with van der Waals surface area (Å²) in [5.74, 6) is 0. The molecule has 1 rings (SSSR count). The summed E-state index contributed by atoms with van der Waals surface area (Å²) >= 11 is 5.88. The molecule has 14 heavy (non-hydrogen) atoms. The minimum absolute atomic E-state index is 0.0150. The van der Waals surface area contributed by atoms with Crippen molar-refractivity contribution in [2.75, 3.05) is 0 Å². The lowest BCUT2D eigenvalue weighted by atomic mass is 9.99. The van der Waals surface area contributed by atoms with Crippen LogP contribution in [0.2, 0.25) is 5.02 Å². The Hall–Kier alpha value is -0.790. The minimum Gasteiger partial charge on any atom is -0.324 e. The van der Waals surface area contributed by atoms with Crippen LogP contribution >= 0.6 is 11.6 Å². The number of hydrogen-bond acceptors (Lipinski definition) is 1. The second-order valence-electron chi connectivity index (χ2n) is 3.47. The van der Waals surface area contributed by atoms with Crippen LogP contribution in [-0.2, 0) is 0 Å². The molecule has 0 fully saturated rings. The van der Waals surface area contributed by atoms with Crippen LogP contribution in [0.1, 0.15) is 31.4 Å². The zero-order valence-corrected chi connectivity index (χ0v) is 9.22. The predicted octanol–water partition coefficient (Wildman–Crippen LogP) is 3.70.